The number of aliphatic hydroxyl groups is 3. The van der Waals surface area contributed by atoms with Crippen LogP contribution in [-0.2, 0) is 4.79 Å². The number of allylic oxidation sites excluding steroid dienone is 5. The van der Waals surface area contributed by atoms with Gasteiger partial charge in [-0.05, 0) is 57.8 Å². The summed E-state index contributed by atoms with van der Waals surface area (Å²) in [5, 5.41) is 33.3. The number of carbonyl (C=O) groups is 1. The minimum Gasteiger partial charge on any atom is -0.394 e. The second kappa shape index (κ2) is 51.2. The van der Waals surface area contributed by atoms with Crippen molar-refractivity contribution < 1.29 is 20.1 Å². The van der Waals surface area contributed by atoms with Crippen LogP contribution in [0.25, 0.3) is 0 Å². The Kier molecular flexibility index (Phi) is 50.0. The van der Waals surface area contributed by atoms with Gasteiger partial charge in [-0.15, -0.1) is 0 Å². The average molecular weight is 858 g/mol. The first-order chi connectivity index (χ1) is 30.0. The molecule has 61 heavy (non-hydrogen) atoms. The minimum atomic E-state index is -0.951. The molecule has 0 spiro atoms. The van der Waals surface area contributed by atoms with Crippen LogP contribution in [0.3, 0.4) is 0 Å². The maximum absolute atomic E-state index is 12.5. The molecule has 0 radical (unpaired) electrons. The summed E-state index contributed by atoms with van der Waals surface area (Å²) in [5.74, 6) is -0.322. The summed E-state index contributed by atoms with van der Waals surface area (Å²) in [6, 6.07) is -0.760. The number of carbonyl (C=O) groups excluding carboxylic acids is 1. The molecule has 5 nitrogen and oxygen atoms in total. The second-order valence-electron chi connectivity index (χ2n) is 18.8. The third-order valence-corrected chi connectivity index (χ3v) is 12.6. The van der Waals surface area contributed by atoms with E-state index in [0.717, 1.165) is 32.1 Å². The van der Waals surface area contributed by atoms with Crippen LogP contribution in [0.2, 0.25) is 0 Å². The Balaban J connectivity index is 3.54. The molecule has 0 aromatic carbocycles. The molecule has 360 valence electrons. The van der Waals surface area contributed by atoms with E-state index in [1.165, 1.54) is 231 Å². The van der Waals surface area contributed by atoms with E-state index in [1.54, 1.807) is 6.08 Å². The fourth-order valence-corrected chi connectivity index (χ4v) is 8.47. The van der Waals surface area contributed by atoms with Gasteiger partial charge in [-0.3, -0.25) is 4.79 Å². The van der Waals surface area contributed by atoms with E-state index in [9.17, 15) is 20.1 Å². The molecule has 4 N–H and O–H groups in total. The molecule has 0 aliphatic rings. The van der Waals surface area contributed by atoms with Crippen molar-refractivity contribution in [3.05, 3.63) is 36.5 Å². The van der Waals surface area contributed by atoms with E-state index >= 15 is 0 Å². The zero-order chi connectivity index (χ0) is 44.4. The number of rotatable bonds is 50. The molecule has 0 saturated carbocycles. The van der Waals surface area contributed by atoms with E-state index in [2.05, 4.69) is 43.5 Å². The number of aliphatic hydroxyl groups excluding tert-OH is 3. The van der Waals surface area contributed by atoms with Crippen molar-refractivity contribution in [1.29, 1.82) is 0 Å². The van der Waals surface area contributed by atoms with Crippen molar-refractivity contribution in [2.24, 2.45) is 0 Å². The Morgan fingerprint density at radius 2 is 0.705 bits per heavy atom. The lowest BCUT2D eigenvalue weighted by molar-refractivity contribution is -0.124. The molecule has 0 aliphatic heterocycles. The normalized spacial score (nSPS) is 13.6. The lowest BCUT2D eigenvalue weighted by atomic mass is 10.0. The number of hydrogen-bond acceptors (Lipinski definition) is 4. The topological polar surface area (TPSA) is 89.8 Å². The molecule has 3 unspecified atom stereocenters. The Morgan fingerprint density at radius 3 is 1.05 bits per heavy atom. The van der Waals surface area contributed by atoms with E-state index in [1.807, 2.05) is 6.08 Å². The quantitative estimate of drug-likeness (QED) is 0.0362. The first kappa shape index (κ1) is 59.6. The largest absolute Gasteiger partial charge is 0.394 e. The van der Waals surface area contributed by atoms with E-state index < -0.39 is 18.2 Å². The lowest BCUT2D eigenvalue weighted by Crippen LogP contribution is -2.45. The molecule has 0 heterocycles. The summed E-state index contributed by atoms with van der Waals surface area (Å²) in [6.45, 7) is 4.22. The summed E-state index contributed by atoms with van der Waals surface area (Å²) in [4.78, 5) is 12.5. The first-order valence-electron chi connectivity index (χ1n) is 27.3. The molecule has 5 heteroatoms. The number of unbranched alkanes of at least 4 members (excludes halogenated alkanes) is 37. The van der Waals surface area contributed by atoms with Gasteiger partial charge in [0.15, 0.2) is 0 Å². The molecule has 1 amide bonds. The highest BCUT2D eigenvalue weighted by Crippen LogP contribution is 2.17. The Morgan fingerprint density at radius 1 is 0.410 bits per heavy atom. The summed E-state index contributed by atoms with van der Waals surface area (Å²) >= 11 is 0. The fourth-order valence-electron chi connectivity index (χ4n) is 8.47. The molecule has 0 rings (SSSR count). The predicted octanol–water partition coefficient (Wildman–Crippen LogP) is 16.7. The van der Waals surface area contributed by atoms with Crippen LogP contribution in [-0.4, -0.2) is 46.1 Å². The van der Waals surface area contributed by atoms with E-state index in [-0.39, 0.29) is 18.9 Å². The van der Waals surface area contributed by atoms with Crippen LogP contribution >= 0.6 is 0 Å². The van der Waals surface area contributed by atoms with Crippen molar-refractivity contribution >= 4 is 5.91 Å². The average Bonchev–Trinajstić information content (AvgIpc) is 3.25. The minimum absolute atomic E-state index is 0.00781. The van der Waals surface area contributed by atoms with Gasteiger partial charge < -0.3 is 20.6 Å². The molecule has 0 aromatic rings. The van der Waals surface area contributed by atoms with Crippen LogP contribution in [0, 0.1) is 0 Å². The summed E-state index contributed by atoms with van der Waals surface area (Å²) in [6.07, 6.45) is 66.2. The van der Waals surface area contributed by atoms with Gasteiger partial charge in [0, 0.05) is 0 Å². The Bertz CT molecular complexity index is 947. The van der Waals surface area contributed by atoms with Crippen LogP contribution in [0.1, 0.15) is 290 Å². The summed E-state index contributed by atoms with van der Waals surface area (Å²) in [7, 11) is 0. The SMILES string of the molecule is CCCCCCCCCCC/C=C/CC/C=C/C(O)C(CO)NC(=O)CC(O)CCCCCCCCCCCCCCCCC/C=C\CCCCCCCCCCCCCC. The molecule has 3 atom stereocenters. The zero-order valence-corrected chi connectivity index (χ0v) is 41.1. The van der Waals surface area contributed by atoms with Gasteiger partial charge in [-0.1, -0.05) is 262 Å². The molecule has 0 aromatic heterocycles. The van der Waals surface area contributed by atoms with E-state index in [0.29, 0.717) is 6.42 Å². The maximum Gasteiger partial charge on any atom is 0.222 e. The zero-order valence-electron chi connectivity index (χ0n) is 41.1. The van der Waals surface area contributed by atoms with Crippen LogP contribution in [0.4, 0.5) is 0 Å². The van der Waals surface area contributed by atoms with Crippen LogP contribution < -0.4 is 5.32 Å². The van der Waals surface area contributed by atoms with Crippen LogP contribution in [0.15, 0.2) is 36.5 Å². The van der Waals surface area contributed by atoms with Gasteiger partial charge >= 0.3 is 0 Å². The molecule has 0 aliphatic carbocycles. The van der Waals surface area contributed by atoms with Gasteiger partial charge in [-0.25, -0.2) is 0 Å². The number of nitrogens with one attached hydrogen (secondary N) is 1. The Labute approximate surface area is 381 Å². The van der Waals surface area contributed by atoms with Crippen molar-refractivity contribution in [3.8, 4) is 0 Å². The highest BCUT2D eigenvalue weighted by atomic mass is 16.3. The maximum atomic E-state index is 12.5. The first-order valence-corrected chi connectivity index (χ1v) is 27.3. The van der Waals surface area contributed by atoms with Gasteiger partial charge in [0.05, 0.1) is 31.3 Å². The van der Waals surface area contributed by atoms with Crippen molar-refractivity contribution in [2.45, 2.75) is 308 Å². The van der Waals surface area contributed by atoms with Gasteiger partial charge in [0.2, 0.25) is 5.91 Å². The highest BCUT2D eigenvalue weighted by Gasteiger charge is 2.20. The Hall–Kier alpha value is -1.43. The van der Waals surface area contributed by atoms with Crippen molar-refractivity contribution in [1.82, 2.24) is 5.32 Å². The molecule has 0 bridgehead atoms. The van der Waals surface area contributed by atoms with Gasteiger partial charge in [0.25, 0.3) is 0 Å². The fraction of sp³-hybridized carbons (Fsp3) is 0.875. The summed E-state index contributed by atoms with van der Waals surface area (Å²) < 4.78 is 0. The van der Waals surface area contributed by atoms with Crippen molar-refractivity contribution in [3.63, 3.8) is 0 Å². The number of hydrogen-bond donors (Lipinski definition) is 4. The third-order valence-electron chi connectivity index (χ3n) is 12.6. The van der Waals surface area contributed by atoms with Crippen LogP contribution in [0.5, 0.6) is 0 Å². The van der Waals surface area contributed by atoms with Crippen molar-refractivity contribution in [2.75, 3.05) is 6.61 Å². The van der Waals surface area contributed by atoms with E-state index in [4.69, 9.17) is 0 Å². The van der Waals surface area contributed by atoms with Gasteiger partial charge in [0.1, 0.15) is 0 Å². The third kappa shape index (κ3) is 47.9. The molecule has 0 fully saturated rings. The number of amides is 1. The predicted molar refractivity (Wildman–Crippen MR) is 268 cm³/mol. The summed E-state index contributed by atoms with van der Waals surface area (Å²) in [5.41, 5.74) is 0. The molecular formula is C56H107NO4. The lowest BCUT2D eigenvalue weighted by Gasteiger charge is -2.21. The van der Waals surface area contributed by atoms with Gasteiger partial charge in [-0.2, -0.15) is 0 Å². The smallest absolute Gasteiger partial charge is 0.222 e. The monoisotopic (exact) mass is 858 g/mol. The molecule has 0 saturated heterocycles. The molecular weight excluding hydrogens is 751 g/mol. The standard InChI is InChI=1S/C56H107NO4/c1-3-5-7-9-11-13-15-17-19-20-21-22-23-24-25-26-27-28-29-30-31-32-33-34-36-37-39-41-43-45-47-49-53(59)51-56(61)57-54(52-58)55(60)50-48-46-44-42-40-38-35-18-16-14-12-10-8-6-4-2/h24-25,40,42,48,50,53-55,58-60H,3-23,26-39,41,43-47,49,51-52H2,1-2H3,(H,57,61)/b25-24-,42-40+,50-48+. The second-order valence-corrected chi connectivity index (χ2v) is 18.8. The highest BCUT2D eigenvalue weighted by molar-refractivity contribution is 5.76.